The molecule has 176 valence electrons. The molecule has 4 aromatic rings. The second kappa shape index (κ2) is 8.76. The molecule has 0 unspecified atom stereocenters. The summed E-state index contributed by atoms with van der Waals surface area (Å²) < 4.78 is 30.8. The molecule has 6 nitrogen and oxygen atoms in total. The van der Waals surface area contributed by atoms with Crippen molar-refractivity contribution in [3.8, 4) is 0 Å². The van der Waals surface area contributed by atoms with E-state index in [1.54, 1.807) is 16.4 Å². The van der Waals surface area contributed by atoms with Crippen LogP contribution in [0.25, 0.3) is 21.0 Å². The van der Waals surface area contributed by atoms with Gasteiger partial charge in [-0.2, -0.15) is 9.30 Å². The van der Waals surface area contributed by atoms with E-state index in [1.807, 2.05) is 29.8 Å². The SMILES string of the molecule is C[C@@H]1C[C@H](C)CN(S(=O)(=O)c2ccc(C(=O)N=c3sc4c5ccccc5ccc4n3C)cc2)C1. The quantitative estimate of drug-likeness (QED) is 0.412. The van der Waals surface area contributed by atoms with E-state index < -0.39 is 15.9 Å². The second-order valence-electron chi connectivity index (χ2n) is 9.29. The zero-order chi connectivity index (χ0) is 24.0. The normalized spacial score (nSPS) is 20.3. The number of thiazole rings is 1. The van der Waals surface area contributed by atoms with Crippen LogP contribution >= 0.6 is 11.3 Å². The lowest BCUT2D eigenvalue weighted by molar-refractivity contribution is 0.0998. The van der Waals surface area contributed by atoms with Gasteiger partial charge in [-0.1, -0.05) is 55.5 Å². The van der Waals surface area contributed by atoms with Crippen molar-refractivity contribution in [3.63, 3.8) is 0 Å². The fraction of sp³-hybridized carbons (Fsp3) is 0.308. The highest BCUT2D eigenvalue weighted by Crippen LogP contribution is 2.28. The number of fused-ring (bicyclic) bond motifs is 3. The summed E-state index contributed by atoms with van der Waals surface area (Å²) in [6, 6.07) is 18.4. The number of piperidine rings is 1. The molecule has 1 aliphatic heterocycles. The fourth-order valence-electron chi connectivity index (χ4n) is 4.84. The Kier molecular flexibility index (Phi) is 5.91. The third kappa shape index (κ3) is 4.10. The van der Waals surface area contributed by atoms with Crippen LogP contribution in [-0.4, -0.2) is 36.3 Å². The van der Waals surface area contributed by atoms with E-state index >= 15 is 0 Å². The van der Waals surface area contributed by atoms with Crippen molar-refractivity contribution in [2.75, 3.05) is 13.1 Å². The molecule has 2 atom stereocenters. The van der Waals surface area contributed by atoms with Gasteiger partial charge in [-0.3, -0.25) is 4.79 Å². The Labute approximate surface area is 203 Å². The standard InChI is InChI=1S/C26H27N3O3S2/c1-17-14-18(2)16-29(15-17)34(31,32)21-11-8-20(9-12-21)25(30)27-26-28(3)23-13-10-19-6-4-5-7-22(19)24(23)33-26/h4-13,17-18H,14-16H2,1-3H3/t17-,18+. The van der Waals surface area contributed by atoms with E-state index in [0.29, 0.717) is 35.3 Å². The molecule has 1 aliphatic rings. The van der Waals surface area contributed by atoms with E-state index in [-0.39, 0.29) is 4.90 Å². The molecule has 8 heteroatoms. The predicted molar refractivity (Wildman–Crippen MR) is 136 cm³/mol. The van der Waals surface area contributed by atoms with Crippen LogP contribution in [-0.2, 0) is 17.1 Å². The van der Waals surface area contributed by atoms with Crippen molar-refractivity contribution in [2.45, 2.75) is 25.2 Å². The van der Waals surface area contributed by atoms with E-state index in [2.05, 4.69) is 37.0 Å². The highest BCUT2D eigenvalue weighted by Gasteiger charge is 2.31. The lowest BCUT2D eigenvalue weighted by atomic mass is 9.94. The molecule has 34 heavy (non-hydrogen) atoms. The average molecular weight is 494 g/mol. The molecular weight excluding hydrogens is 466 g/mol. The smallest absolute Gasteiger partial charge is 0.279 e. The minimum atomic E-state index is -3.58. The van der Waals surface area contributed by atoms with Crippen molar-refractivity contribution >= 4 is 48.3 Å². The summed E-state index contributed by atoms with van der Waals surface area (Å²) in [6.45, 7) is 5.22. The third-order valence-corrected chi connectivity index (χ3v) is 9.50. The van der Waals surface area contributed by atoms with Gasteiger partial charge in [0.1, 0.15) is 0 Å². The Morgan fingerprint density at radius 1 is 0.971 bits per heavy atom. The Morgan fingerprint density at radius 3 is 2.35 bits per heavy atom. The van der Waals surface area contributed by atoms with Crippen molar-refractivity contribution in [1.82, 2.24) is 8.87 Å². The summed E-state index contributed by atoms with van der Waals surface area (Å²) >= 11 is 1.48. The third-order valence-electron chi connectivity index (χ3n) is 6.47. The number of rotatable bonds is 3. The zero-order valence-electron chi connectivity index (χ0n) is 19.4. The largest absolute Gasteiger partial charge is 0.319 e. The van der Waals surface area contributed by atoms with Gasteiger partial charge in [0.2, 0.25) is 10.0 Å². The first-order valence-corrected chi connectivity index (χ1v) is 13.7. The number of carbonyl (C=O) groups is 1. The summed E-state index contributed by atoms with van der Waals surface area (Å²) in [6.07, 6.45) is 1.03. The van der Waals surface area contributed by atoms with Gasteiger partial charge >= 0.3 is 0 Å². The summed E-state index contributed by atoms with van der Waals surface area (Å²) in [5.74, 6) is 0.269. The molecule has 1 saturated heterocycles. The maximum atomic E-state index is 13.1. The van der Waals surface area contributed by atoms with Crippen molar-refractivity contribution in [3.05, 3.63) is 71.0 Å². The van der Waals surface area contributed by atoms with Gasteiger partial charge in [-0.05, 0) is 54.0 Å². The molecular formula is C26H27N3O3S2. The summed E-state index contributed by atoms with van der Waals surface area (Å²) in [5, 5.41) is 2.27. The van der Waals surface area contributed by atoms with Crippen LogP contribution < -0.4 is 4.80 Å². The van der Waals surface area contributed by atoms with Crippen molar-refractivity contribution < 1.29 is 13.2 Å². The lowest BCUT2D eigenvalue weighted by Crippen LogP contribution is -2.42. The molecule has 0 spiro atoms. The Balaban J connectivity index is 1.45. The summed E-state index contributed by atoms with van der Waals surface area (Å²) in [7, 11) is -1.69. The number of hydrogen-bond acceptors (Lipinski definition) is 4. The van der Waals surface area contributed by atoms with Crippen LogP contribution in [0.5, 0.6) is 0 Å². The number of amides is 1. The van der Waals surface area contributed by atoms with Gasteiger partial charge in [0.15, 0.2) is 4.80 Å². The van der Waals surface area contributed by atoms with Crippen LogP contribution in [0.4, 0.5) is 0 Å². The summed E-state index contributed by atoms with van der Waals surface area (Å²) in [4.78, 5) is 18.1. The van der Waals surface area contributed by atoms with Crippen LogP contribution in [0.3, 0.4) is 0 Å². The number of sulfonamides is 1. The zero-order valence-corrected chi connectivity index (χ0v) is 21.1. The van der Waals surface area contributed by atoms with Gasteiger partial charge in [0, 0.05) is 31.1 Å². The van der Waals surface area contributed by atoms with Crippen LogP contribution in [0.2, 0.25) is 0 Å². The molecule has 1 amide bonds. The van der Waals surface area contributed by atoms with E-state index in [1.165, 1.54) is 23.5 Å². The molecule has 0 aliphatic carbocycles. The van der Waals surface area contributed by atoms with Gasteiger partial charge in [0.05, 0.1) is 15.1 Å². The van der Waals surface area contributed by atoms with Gasteiger partial charge in [0.25, 0.3) is 5.91 Å². The maximum Gasteiger partial charge on any atom is 0.279 e. The molecule has 0 N–H and O–H groups in total. The van der Waals surface area contributed by atoms with E-state index in [9.17, 15) is 13.2 Å². The van der Waals surface area contributed by atoms with Crippen LogP contribution in [0.15, 0.2) is 70.6 Å². The van der Waals surface area contributed by atoms with Gasteiger partial charge < -0.3 is 4.57 Å². The number of aryl methyl sites for hydroxylation is 1. The first-order chi connectivity index (χ1) is 16.2. The monoisotopic (exact) mass is 493 g/mol. The molecule has 1 fully saturated rings. The second-order valence-corrected chi connectivity index (χ2v) is 12.2. The van der Waals surface area contributed by atoms with Gasteiger partial charge in [-0.25, -0.2) is 8.42 Å². The lowest BCUT2D eigenvalue weighted by Gasteiger charge is -2.34. The molecule has 3 aromatic carbocycles. The number of hydrogen-bond donors (Lipinski definition) is 0. The fourth-order valence-corrected chi connectivity index (χ4v) is 7.67. The van der Waals surface area contributed by atoms with Crippen molar-refractivity contribution in [1.29, 1.82) is 0 Å². The number of benzene rings is 3. The Hall–Kier alpha value is -2.81. The molecule has 5 rings (SSSR count). The minimum Gasteiger partial charge on any atom is -0.319 e. The van der Waals surface area contributed by atoms with Crippen LogP contribution in [0, 0.1) is 11.8 Å². The summed E-state index contributed by atoms with van der Waals surface area (Å²) in [5.41, 5.74) is 1.38. The molecule has 0 radical (unpaired) electrons. The topological polar surface area (TPSA) is 71.7 Å². The number of carbonyl (C=O) groups excluding carboxylic acids is 1. The van der Waals surface area contributed by atoms with Crippen molar-refractivity contribution in [2.24, 2.45) is 23.9 Å². The number of nitrogens with zero attached hydrogens (tertiary/aromatic N) is 3. The first kappa shape index (κ1) is 23.0. The predicted octanol–water partition coefficient (Wildman–Crippen LogP) is 4.80. The first-order valence-electron chi connectivity index (χ1n) is 11.4. The highest BCUT2D eigenvalue weighted by molar-refractivity contribution is 7.89. The number of aromatic nitrogens is 1. The van der Waals surface area contributed by atoms with E-state index in [0.717, 1.165) is 27.4 Å². The Bertz CT molecular complexity index is 1560. The van der Waals surface area contributed by atoms with Gasteiger partial charge in [-0.15, -0.1) is 0 Å². The molecule has 2 heterocycles. The van der Waals surface area contributed by atoms with Crippen LogP contribution in [0.1, 0.15) is 30.6 Å². The average Bonchev–Trinajstić information content (AvgIpc) is 3.14. The molecule has 1 aromatic heterocycles. The Morgan fingerprint density at radius 2 is 1.65 bits per heavy atom. The highest BCUT2D eigenvalue weighted by atomic mass is 32.2. The molecule has 0 saturated carbocycles. The van der Waals surface area contributed by atoms with E-state index in [4.69, 9.17) is 0 Å². The minimum absolute atomic E-state index is 0.212. The molecule has 0 bridgehead atoms. The maximum absolute atomic E-state index is 13.1.